The standard InChI is InChI=1S/C16H22BrNO3/c1-12(19)21-11-15-5-3-4-8-18(15)10-13-9-14(17)6-7-16(13)20-2/h6-7,9,15H,3-5,8,10-11H2,1-2H3. The van der Waals surface area contributed by atoms with Gasteiger partial charge in [-0.25, -0.2) is 0 Å². The van der Waals surface area contributed by atoms with Crippen LogP contribution < -0.4 is 4.74 Å². The first kappa shape index (κ1) is 16.3. The van der Waals surface area contributed by atoms with E-state index in [4.69, 9.17) is 9.47 Å². The summed E-state index contributed by atoms with van der Waals surface area (Å²) in [5.74, 6) is 0.690. The predicted molar refractivity (Wildman–Crippen MR) is 85.4 cm³/mol. The molecule has 5 heteroatoms. The van der Waals surface area contributed by atoms with Crippen molar-refractivity contribution in [1.82, 2.24) is 4.90 Å². The van der Waals surface area contributed by atoms with Crippen LogP contribution in [-0.4, -0.2) is 37.2 Å². The van der Waals surface area contributed by atoms with Crippen molar-refractivity contribution in [3.05, 3.63) is 28.2 Å². The molecule has 0 N–H and O–H groups in total. The second-order valence-corrected chi connectivity index (χ2v) is 6.29. The zero-order chi connectivity index (χ0) is 15.2. The Hall–Kier alpha value is -1.07. The molecule has 1 aromatic rings. The van der Waals surface area contributed by atoms with Gasteiger partial charge in [-0.1, -0.05) is 22.4 Å². The largest absolute Gasteiger partial charge is 0.496 e. The fourth-order valence-electron chi connectivity index (χ4n) is 2.76. The van der Waals surface area contributed by atoms with Crippen molar-refractivity contribution in [2.45, 2.75) is 38.8 Å². The monoisotopic (exact) mass is 355 g/mol. The number of piperidine rings is 1. The molecule has 0 radical (unpaired) electrons. The van der Waals surface area contributed by atoms with Gasteiger partial charge in [0, 0.05) is 29.5 Å². The summed E-state index contributed by atoms with van der Waals surface area (Å²) >= 11 is 3.51. The summed E-state index contributed by atoms with van der Waals surface area (Å²) in [6, 6.07) is 6.35. The second-order valence-electron chi connectivity index (χ2n) is 5.38. The minimum absolute atomic E-state index is 0.208. The third-order valence-corrected chi connectivity index (χ3v) is 4.34. The van der Waals surface area contributed by atoms with Crippen LogP contribution in [0.2, 0.25) is 0 Å². The molecule has 1 aliphatic rings. The Labute approximate surface area is 134 Å². The first-order valence-corrected chi connectivity index (χ1v) is 8.09. The Morgan fingerprint density at radius 3 is 2.95 bits per heavy atom. The Kier molecular flexibility index (Phi) is 6.06. The van der Waals surface area contributed by atoms with Crippen LogP contribution in [0.4, 0.5) is 0 Å². The number of hydrogen-bond donors (Lipinski definition) is 0. The summed E-state index contributed by atoms with van der Waals surface area (Å²) in [5, 5.41) is 0. The molecular weight excluding hydrogens is 334 g/mol. The zero-order valence-electron chi connectivity index (χ0n) is 12.6. The number of esters is 1. The number of likely N-dealkylation sites (tertiary alicyclic amines) is 1. The van der Waals surface area contributed by atoms with E-state index in [-0.39, 0.29) is 5.97 Å². The van der Waals surface area contributed by atoms with Gasteiger partial charge in [-0.3, -0.25) is 9.69 Å². The molecule has 2 rings (SSSR count). The van der Waals surface area contributed by atoms with E-state index >= 15 is 0 Å². The maximum atomic E-state index is 11.0. The highest BCUT2D eigenvalue weighted by Gasteiger charge is 2.24. The molecule has 4 nitrogen and oxygen atoms in total. The topological polar surface area (TPSA) is 38.8 Å². The van der Waals surface area contributed by atoms with E-state index in [1.54, 1.807) is 7.11 Å². The molecule has 0 aliphatic carbocycles. The van der Waals surface area contributed by atoms with Gasteiger partial charge in [0.1, 0.15) is 12.4 Å². The van der Waals surface area contributed by atoms with Crippen molar-refractivity contribution in [1.29, 1.82) is 0 Å². The van der Waals surface area contributed by atoms with Crippen molar-refractivity contribution in [2.75, 3.05) is 20.3 Å². The lowest BCUT2D eigenvalue weighted by Gasteiger charge is -2.35. The van der Waals surface area contributed by atoms with Crippen molar-refractivity contribution in [3.63, 3.8) is 0 Å². The molecule has 0 aromatic heterocycles. The van der Waals surface area contributed by atoms with Gasteiger partial charge in [-0.2, -0.15) is 0 Å². The van der Waals surface area contributed by atoms with E-state index < -0.39 is 0 Å². The third kappa shape index (κ3) is 4.71. The van der Waals surface area contributed by atoms with E-state index in [1.165, 1.54) is 19.8 Å². The van der Waals surface area contributed by atoms with Crippen LogP contribution in [0.5, 0.6) is 5.75 Å². The summed E-state index contributed by atoms with van der Waals surface area (Å²) in [6.45, 7) is 3.78. The number of methoxy groups -OCH3 is 1. The summed E-state index contributed by atoms with van der Waals surface area (Å²) in [6.07, 6.45) is 3.45. The lowest BCUT2D eigenvalue weighted by molar-refractivity contribution is -0.143. The van der Waals surface area contributed by atoms with E-state index in [9.17, 15) is 4.79 Å². The van der Waals surface area contributed by atoms with Crippen molar-refractivity contribution in [3.8, 4) is 5.75 Å². The van der Waals surface area contributed by atoms with E-state index in [0.29, 0.717) is 12.6 Å². The molecule has 0 bridgehead atoms. The summed E-state index contributed by atoms with van der Waals surface area (Å²) in [5.41, 5.74) is 1.15. The van der Waals surface area contributed by atoms with Gasteiger partial charge in [0.05, 0.1) is 7.11 Å². The van der Waals surface area contributed by atoms with Crippen LogP contribution in [0, 0.1) is 0 Å². The van der Waals surface area contributed by atoms with Gasteiger partial charge >= 0.3 is 5.97 Å². The van der Waals surface area contributed by atoms with Crippen LogP contribution in [0.1, 0.15) is 31.7 Å². The van der Waals surface area contributed by atoms with Gasteiger partial charge in [0.25, 0.3) is 0 Å². The van der Waals surface area contributed by atoms with Crippen molar-refractivity contribution in [2.24, 2.45) is 0 Å². The molecule has 0 saturated carbocycles. The first-order valence-electron chi connectivity index (χ1n) is 7.30. The average Bonchev–Trinajstić information content (AvgIpc) is 2.46. The minimum Gasteiger partial charge on any atom is -0.496 e. The van der Waals surface area contributed by atoms with Crippen molar-refractivity contribution < 1.29 is 14.3 Å². The molecule has 0 amide bonds. The van der Waals surface area contributed by atoms with Crippen LogP contribution in [0.15, 0.2) is 22.7 Å². The quantitative estimate of drug-likeness (QED) is 0.759. The van der Waals surface area contributed by atoms with Crippen molar-refractivity contribution >= 4 is 21.9 Å². The number of halogens is 1. The minimum atomic E-state index is -0.208. The van der Waals surface area contributed by atoms with Gasteiger partial charge in [-0.15, -0.1) is 0 Å². The fourth-order valence-corrected chi connectivity index (χ4v) is 3.17. The first-order chi connectivity index (χ1) is 10.1. The van der Waals surface area contributed by atoms with Gasteiger partial charge in [0.2, 0.25) is 0 Å². The Morgan fingerprint density at radius 2 is 2.24 bits per heavy atom. The normalized spacial score (nSPS) is 19.3. The number of carbonyl (C=O) groups is 1. The third-order valence-electron chi connectivity index (χ3n) is 3.84. The molecule has 116 valence electrons. The molecule has 0 spiro atoms. The SMILES string of the molecule is COc1ccc(Br)cc1CN1CCCCC1COC(C)=O. The number of hydrogen-bond acceptors (Lipinski definition) is 4. The zero-order valence-corrected chi connectivity index (χ0v) is 14.2. The highest BCUT2D eigenvalue weighted by atomic mass is 79.9. The molecular formula is C16H22BrNO3. The maximum Gasteiger partial charge on any atom is 0.302 e. The highest BCUT2D eigenvalue weighted by molar-refractivity contribution is 9.10. The Bertz CT molecular complexity index is 492. The fraction of sp³-hybridized carbons (Fsp3) is 0.562. The van der Waals surface area contributed by atoms with Crippen LogP contribution in [-0.2, 0) is 16.1 Å². The number of carbonyl (C=O) groups excluding carboxylic acids is 1. The van der Waals surface area contributed by atoms with Crippen LogP contribution in [0.25, 0.3) is 0 Å². The summed E-state index contributed by atoms with van der Waals surface area (Å²) < 4.78 is 11.7. The molecule has 1 aliphatic heterocycles. The number of nitrogens with zero attached hydrogens (tertiary/aromatic N) is 1. The van der Waals surface area contributed by atoms with E-state index in [0.717, 1.165) is 35.3 Å². The molecule has 1 atom stereocenters. The lowest BCUT2D eigenvalue weighted by Crippen LogP contribution is -2.42. The van der Waals surface area contributed by atoms with Gasteiger partial charge < -0.3 is 9.47 Å². The molecule has 21 heavy (non-hydrogen) atoms. The molecule has 1 heterocycles. The predicted octanol–water partition coefficient (Wildman–Crippen LogP) is 3.38. The second kappa shape index (κ2) is 7.80. The number of rotatable bonds is 5. The maximum absolute atomic E-state index is 11.0. The molecule has 1 fully saturated rings. The molecule has 1 unspecified atom stereocenters. The number of benzene rings is 1. The van der Waals surface area contributed by atoms with Gasteiger partial charge in [-0.05, 0) is 37.6 Å². The smallest absolute Gasteiger partial charge is 0.302 e. The van der Waals surface area contributed by atoms with Crippen LogP contribution >= 0.6 is 15.9 Å². The summed E-state index contributed by atoms with van der Waals surface area (Å²) in [4.78, 5) is 13.4. The average molecular weight is 356 g/mol. The van der Waals surface area contributed by atoms with E-state index in [1.807, 2.05) is 12.1 Å². The summed E-state index contributed by atoms with van der Waals surface area (Å²) in [7, 11) is 1.69. The number of ether oxygens (including phenoxy) is 2. The Balaban J connectivity index is 2.08. The molecule has 1 saturated heterocycles. The van der Waals surface area contributed by atoms with Gasteiger partial charge in [0.15, 0.2) is 0 Å². The highest BCUT2D eigenvalue weighted by Crippen LogP contribution is 2.27. The van der Waals surface area contributed by atoms with E-state index in [2.05, 4.69) is 26.9 Å². The van der Waals surface area contributed by atoms with Crippen LogP contribution in [0.3, 0.4) is 0 Å². The lowest BCUT2D eigenvalue weighted by atomic mass is 10.0. The molecule has 1 aromatic carbocycles. The Morgan fingerprint density at radius 1 is 1.43 bits per heavy atom.